The predicted molar refractivity (Wildman–Crippen MR) is 77.9 cm³/mol. The van der Waals surface area contributed by atoms with Gasteiger partial charge in [-0.15, -0.1) is 0 Å². The molecule has 1 aromatic heterocycles. The van der Waals surface area contributed by atoms with Crippen LogP contribution in [0.3, 0.4) is 0 Å². The standard InChI is InChI=1S/C14H24N2O3S/c1-15-20(17,18)14-9-8-13(19-14)11-16-10-4-7-12-5-2-3-6-12/h8-9,12,15-16H,2-7,10-11H2,1H3. The first-order valence-electron chi connectivity index (χ1n) is 7.35. The van der Waals surface area contributed by atoms with Crippen molar-refractivity contribution >= 4 is 10.0 Å². The first-order chi connectivity index (χ1) is 9.62. The summed E-state index contributed by atoms with van der Waals surface area (Å²) in [5.74, 6) is 1.58. The Hall–Kier alpha value is -0.850. The Labute approximate surface area is 121 Å². The second-order valence-corrected chi connectivity index (χ2v) is 7.22. The second kappa shape index (κ2) is 7.24. The van der Waals surface area contributed by atoms with Gasteiger partial charge in [-0.25, -0.2) is 13.1 Å². The number of rotatable bonds is 8. The van der Waals surface area contributed by atoms with Gasteiger partial charge in [-0.05, 0) is 44.5 Å². The average Bonchev–Trinajstić information content (AvgIpc) is 3.09. The van der Waals surface area contributed by atoms with E-state index < -0.39 is 10.0 Å². The van der Waals surface area contributed by atoms with Crippen molar-refractivity contribution in [1.29, 1.82) is 0 Å². The van der Waals surface area contributed by atoms with Crippen molar-refractivity contribution in [3.63, 3.8) is 0 Å². The molecule has 0 amide bonds. The summed E-state index contributed by atoms with van der Waals surface area (Å²) in [5.41, 5.74) is 0. The normalized spacial score (nSPS) is 16.9. The van der Waals surface area contributed by atoms with Gasteiger partial charge in [0.15, 0.2) is 0 Å². The van der Waals surface area contributed by atoms with Crippen LogP contribution in [0, 0.1) is 5.92 Å². The largest absolute Gasteiger partial charge is 0.447 e. The van der Waals surface area contributed by atoms with Crippen LogP contribution in [0.15, 0.2) is 21.6 Å². The smallest absolute Gasteiger partial charge is 0.273 e. The predicted octanol–water partition coefficient (Wildman–Crippen LogP) is 2.25. The zero-order valence-corrected chi connectivity index (χ0v) is 12.8. The van der Waals surface area contributed by atoms with Gasteiger partial charge in [0.05, 0.1) is 6.54 Å². The van der Waals surface area contributed by atoms with E-state index in [4.69, 9.17) is 4.42 Å². The Morgan fingerprint density at radius 3 is 2.75 bits per heavy atom. The van der Waals surface area contributed by atoms with Crippen LogP contribution in [0.25, 0.3) is 0 Å². The summed E-state index contributed by atoms with van der Waals surface area (Å²) >= 11 is 0. The van der Waals surface area contributed by atoms with E-state index in [2.05, 4.69) is 10.0 Å². The Kier molecular flexibility index (Phi) is 5.63. The van der Waals surface area contributed by atoms with Crippen LogP contribution >= 0.6 is 0 Å². The fourth-order valence-electron chi connectivity index (χ4n) is 2.72. The topological polar surface area (TPSA) is 71.3 Å². The highest BCUT2D eigenvalue weighted by atomic mass is 32.2. The van der Waals surface area contributed by atoms with E-state index in [1.165, 1.54) is 51.6 Å². The summed E-state index contributed by atoms with van der Waals surface area (Å²) in [4.78, 5) is 0. The third kappa shape index (κ3) is 4.33. The lowest BCUT2D eigenvalue weighted by Crippen LogP contribution is -2.18. The van der Waals surface area contributed by atoms with E-state index in [-0.39, 0.29) is 5.09 Å². The lowest BCUT2D eigenvalue weighted by atomic mass is 10.0. The van der Waals surface area contributed by atoms with Gasteiger partial charge in [0.2, 0.25) is 5.09 Å². The van der Waals surface area contributed by atoms with Crippen LogP contribution in [-0.4, -0.2) is 22.0 Å². The average molecular weight is 300 g/mol. The molecule has 0 saturated heterocycles. The van der Waals surface area contributed by atoms with Crippen LogP contribution < -0.4 is 10.0 Å². The van der Waals surface area contributed by atoms with E-state index in [1.54, 1.807) is 6.07 Å². The summed E-state index contributed by atoms with van der Waals surface area (Å²) < 4.78 is 30.6. The molecular weight excluding hydrogens is 276 g/mol. The molecule has 0 radical (unpaired) electrons. The monoisotopic (exact) mass is 300 g/mol. The maximum atomic E-state index is 11.5. The molecule has 0 spiro atoms. The van der Waals surface area contributed by atoms with E-state index in [9.17, 15) is 8.42 Å². The van der Waals surface area contributed by atoms with Crippen LogP contribution in [-0.2, 0) is 16.6 Å². The number of hydrogen-bond acceptors (Lipinski definition) is 4. The summed E-state index contributed by atoms with van der Waals surface area (Å²) in [5, 5.41) is 3.27. The van der Waals surface area contributed by atoms with Gasteiger partial charge in [-0.2, -0.15) is 0 Å². The molecule has 0 atom stereocenters. The molecule has 2 rings (SSSR count). The van der Waals surface area contributed by atoms with Crippen molar-refractivity contribution in [1.82, 2.24) is 10.0 Å². The minimum Gasteiger partial charge on any atom is -0.447 e. The molecule has 1 saturated carbocycles. The Bertz CT molecular complexity index is 504. The summed E-state index contributed by atoms with van der Waals surface area (Å²) in [6.45, 7) is 1.52. The van der Waals surface area contributed by atoms with Crippen molar-refractivity contribution in [2.75, 3.05) is 13.6 Å². The second-order valence-electron chi connectivity index (χ2n) is 5.40. The minimum absolute atomic E-state index is 0.0252. The third-order valence-corrected chi connectivity index (χ3v) is 5.20. The van der Waals surface area contributed by atoms with Crippen molar-refractivity contribution in [3.8, 4) is 0 Å². The molecule has 1 aromatic rings. The Morgan fingerprint density at radius 2 is 2.05 bits per heavy atom. The molecule has 2 N–H and O–H groups in total. The highest BCUT2D eigenvalue weighted by Crippen LogP contribution is 2.28. The molecule has 1 aliphatic carbocycles. The first kappa shape index (κ1) is 15.5. The maximum Gasteiger partial charge on any atom is 0.273 e. The number of sulfonamides is 1. The quantitative estimate of drug-likeness (QED) is 0.722. The molecule has 20 heavy (non-hydrogen) atoms. The number of hydrogen-bond donors (Lipinski definition) is 2. The Morgan fingerprint density at radius 1 is 1.30 bits per heavy atom. The molecule has 0 aliphatic heterocycles. The maximum absolute atomic E-state index is 11.5. The van der Waals surface area contributed by atoms with Crippen molar-refractivity contribution < 1.29 is 12.8 Å². The number of nitrogens with one attached hydrogen (secondary N) is 2. The van der Waals surface area contributed by atoms with Crippen LogP contribution in [0.1, 0.15) is 44.3 Å². The van der Waals surface area contributed by atoms with Crippen molar-refractivity contribution in [2.45, 2.75) is 50.2 Å². The van der Waals surface area contributed by atoms with E-state index in [1.807, 2.05) is 0 Å². The van der Waals surface area contributed by atoms with Gasteiger partial charge in [0.25, 0.3) is 10.0 Å². The highest BCUT2D eigenvalue weighted by Gasteiger charge is 2.16. The molecule has 5 nitrogen and oxygen atoms in total. The van der Waals surface area contributed by atoms with Crippen molar-refractivity contribution in [3.05, 3.63) is 17.9 Å². The van der Waals surface area contributed by atoms with E-state index >= 15 is 0 Å². The fraction of sp³-hybridized carbons (Fsp3) is 0.714. The lowest BCUT2D eigenvalue weighted by molar-refractivity contribution is 0.396. The Balaban J connectivity index is 1.67. The molecule has 1 heterocycles. The van der Waals surface area contributed by atoms with Gasteiger partial charge in [-0.1, -0.05) is 25.7 Å². The van der Waals surface area contributed by atoms with Gasteiger partial charge in [-0.3, -0.25) is 0 Å². The van der Waals surface area contributed by atoms with Gasteiger partial charge >= 0.3 is 0 Å². The van der Waals surface area contributed by atoms with Crippen LogP contribution in [0.5, 0.6) is 0 Å². The molecule has 0 aromatic carbocycles. The third-order valence-electron chi connectivity index (χ3n) is 3.91. The molecule has 6 heteroatoms. The van der Waals surface area contributed by atoms with Gasteiger partial charge < -0.3 is 9.73 Å². The van der Waals surface area contributed by atoms with E-state index in [0.717, 1.165) is 12.5 Å². The van der Waals surface area contributed by atoms with Crippen molar-refractivity contribution in [2.24, 2.45) is 5.92 Å². The van der Waals surface area contributed by atoms with E-state index in [0.29, 0.717) is 12.3 Å². The van der Waals surface area contributed by atoms with Gasteiger partial charge in [0, 0.05) is 0 Å². The first-order valence-corrected chi connectivity index (χ1v) is 8.83. The SMILES string of the molecule is CNS(=O)(=O)c1ccc(CNCCCC2CCCC2)o1. The molecular formula is C14H24N2O3S. The summed E-state index contributed by atoms with van der Waals surface area (Å²) in [6, 6.07) is 3.19. The molecule has 0 bridgehead atoms. The highest BCUT2D eigenvalue weighted by molar-refractivity contribution is 7.89. The van der Waals surface area contributed by atoms with Gasteiger partial charge in [0.1, 0.15) is 5.76 Å². The molecule has 1 aliphatic rings. The molecule has 114 valence electrons. The number of furan rings is 1. The summed E-state index contributed by atoms with van der Waals surface area (Å²) in [6.07, 6.45) is 8.05. The zero-order chi connectivity index (χ0) is 14.4. The molecule has 0 unspecified atom stereocenters. The minimum atomic E-state index is -3.47. The fourth-order valence-corrected chi connectivity index (χ4v) is 3.39. The van der Waals surface area contributed by atoms with Crippen LogP contribution in [0.2, 0.25) is 0 Å². The van der Waals surface area contributed by atoms with Crippen LogP contribution in [0.4, 0.5) is 0 Å². The zero-order valence-electron chi connectivity index (χ0n) is 12.0. The molecule has 1 fully saturated rings. The lowest BCUT2D eigenvalue weighted by Gasteiger charge is -2.08. The summed E-state index contributed by atoms with van der Waals surface area (Å²) in [7, 11) is -2.09.